The van der Waals surface area contributed by atoms with Gasteiger partial charge in [0.1, 0.15) is 4.32 Å². The number of nitrogens with zero attached hydrogens (tertiary/aromatic N) is 1. The summed E-state index contributed by atoms with van der Waals surface area (Å²) in [4.78, 5) is 15.1. The summed E-state index contributed by atoms with van der Waals surface area (Å²) in [6.07, 6.45) is 3.06. The van der Waals surface area contributed by atoms with Crippen LogP contribution in [0.25, 0.3) is 6.08 Å². The number of amides is 1. The molecule has 2 aliphatic rings. The second-order valence-electron chi connectivity index (χ2n) is 7.55. The molecule has 5 heteroatoms. The summed E-state index contributed by atoms with van der Waals surface area (Å²) < 4.78 is 0.533. The number of thioether (sulfide) groups is 1. The highest BCUT2D eigenvalue weighted by atomic mass is 32.2. The van der Waals surface area contributed by atoms with Gasteiger partial charge in [-0.1, -0.05) is 37.0 Å². The molecule has 1 aromatic carbocycles. The summed E-state index contributed by atoms with van der Waals surface area (Å²) >= 11 is 6.39. The van der Waals surface area contributed by atoms with Gasteiger partial charge in [-0.25, -0.2) is 0 Å². The first kappa shape index (κ1) is 17.5. The van der Waals surface area contributed by atoms with Gasteiger partial charge in [0.2, 0.25) is 0 Å². The average molecular weight is 361 g/mol. The fourth-order valence-corrected chi connectivity index (χ4v) is 5.15. The maximum Gasteiger partial charge on any atom is 0.263 e. The zero-order chi connectivity index (χ0) is 17.6. The highest BCUT2D eigenvalue weighted by Gasteiger charge is 2.37. The average Bonchev–Trinajstić information content (AvgIpc) is 2.76. The van der Waals surface area contributed by atoms with Crippen LogP contribution >= 0.6 is 24.0 Å². The number of benzene rings is 1. The molecule has 1 N–H and O–H groups in total. The van der Waals surface area contributed by atoms with Crippen LogP contribution in [0.15, 0.2) is 23.1 Å². The minimum absolute atomic E-state index is 0.0966. The van der Waals surface area contributed by atoms with Crippen LogP contribution in [-0.2, 0) is 4.79 Å². The van der Waals surface area contributed by atoms with E-state index in [1.54, 1.807) is 0 Å². The number of carbonyl (C=O) groups is 1. The number of anilines is 1. The van der Waals surface area contributed by atoms with Crippen LogP contribution in [0.5, 0.6) is 0 Å². The van der Waals surface area contributed by atoms with Crippen LogP contribution in [0.3, 0.4) is 0 Å². The van der Waals surface area contributed by atoms with Crippen molar-refractivity contribution in [3.63, 3.8) is 0 Å². The Bertz CT molecular complexity index is 737. The third-order valence-corrected chi connectivity index (χ3v) is 5.92. The monoisotopic (exact) mass is 360 g/mol. The van der Waals surface area contributed by atoms with E-state index in [2.05, 4.69) is 63.0 Å². The van der Waals surface area contributed by atoms with Gasteiger partial charge in [0.05, 0.1) is 4.91 Å². The molecule has 1 aromatic rings. The fraction of sp³-hybridized carbons (Fsp3) is 0.474. The molecule has 1 saturated heterocycles. The van der Waals surface area contributed by atoms with Crippen molar-refractivity contribution >= 4 is 46.0 Å². The van der Waals surface area contributed by atoms with E-state index < -0.39 is 0 Å². The number of fused-ring (bicyclic) bond motifs is 1. The van der Waals surface area contributed by atoms with Crippen molar-refractivity contribution in [1.29, 1.82) is 0 Å². The lowest BCUT2D eigenvalue weighted by Gasteiger charge is -2.50. The smallest absolute Gasteiger partial charge is 0.263 e. The standard InChI is InChI=1S/C19H24N2OS2/c1-11(2)21-15-7-6-13(9-16-17(22)20-18(23)24-16)8-14(15)12(3)10-19(21,4)5/h6-9,11-12H,10H2,1-5H3,(H,20,22,23)/b16-9+/t12-/m1/s1. The normalized spacial score (nSPS) is 24.5. The predicted molar refractivity (Wildman–Crippen MR) is 107 cm³/mol. The highest BCUT2D eigenvalue weighted by molar-refractivity contribution is 8.26. The van der Waals surface area contributed by atoms with Crippen LogP contribution in [0, 0.1) is 0 Å². The fourth-order valence-electron chi connectivity index (χ4n) is 4.11. The first-order valence-corrected chi connectivity index (χ1v) is 9.59. The van der Waals surface area contributed by atoms with E-state index in [0.29, 0.717) is 21.2 Å². The summed E-state index contributed by atoms with van der Waals surface area (Å²) in [5, 5.41) is 2.67. The number of thiocarbonyl (C=S) groups is 1. The number of nitrogens with one attached hydrogen (secondary N) is 1. The van der Waals surface area contributed by atoms with Crippen molar-refractivity contribution in [1.82, 2.24) is 5.32 Å². The molecule has 3 rings (SSSR count). The van der Waals surface area contributed by atoms with Gasteiger partial charge in [0, 0.05) is 17.3 Å². The molecular weight excluding hydrogens is 336 g/mol. The number of hydrogen-bond acceptors (Lipinski definition) is 4. The summed E-state index contributed by atoms with van der Waals surface area (Å²) in [5.74, 6) is 0.398. The molecule has 2 aliphatic heterocycles. The van der Waals surface area contributed by atoms with E-state index >= 15 is 0 Å². The van der Waals surface area contributed by atoms with Gasteiger partial charge in [0.15, 0.2) is 0 Å². The molecular formula is C19H24N2OS2. The maximum atomic E-state index is 11.9. The van der Waals surface area contributed by atoms with Gasteiger partial charge in [-0.15, -0.1) is 0 Å². The minimum Gasteiger partial charge on any atom is -0.364 e. The Morgan fingerprint density at radius 1 is 1.42 bits per heavy atom. The van der Waals surface area contributed by atoms with Crippen molar-refractivity contribution in [2.75, 3.05) is 4.90 Å². The van der Waals surface area contributed by atoms with Gasteiger partial charge in [-0.2, -0.15) is 0 Å². The van der Waals surface area contributed by atoms with E-state index in [0.717, 1.165) is 12.0 Å². The SMILES string of the molecule is CC(C)N1c2ccc(/C=C3/SC(=S)NC3=O)cc2[C@H](C)CC1(C)C. The first-order valence-electron chi connectivity index (χ1n) is 8.37. The summed E-state index contributed by atoms with van der Waals surface area (Å²) in [6, 6.07) is 6.98. The Balaban J connectivity index is 2.02. The van der Waals surface area contributed by atoms with Gasteiger partial charge in [-0.3, -0.25) is 4.79 Å². The van der Waals surface area contributed by atoms with Crippen molar-refractivity contribution < 1.29 is 4.79 Å². The van der Waals surface area contributed by atoms with E-state index in [-0.39, 0.29) is 11.4 Å². The molecule has 0 unspecified atom stereocenters. The molecule has 3 nitrogen and oxygen atoms in total. The molecule has 0 bridgehead atoms. The van der Waals surface area contributed by atoms with E-state index in [1.807, 2.05) is 6.08 Å². The Morgan fingerprint density at radius 3 is 2.71 bits per heavy atom. The van der Waals surface area contributed by atoms with Crippen molar-refractivity contribution in [2.24, 2.45) is 0 Å². The quantitative estimate of drug-likeness (QED) is 0.613. The Hall–Kier alpha value is -1.33. The molecule has 128 valence electrons. The van der Waals surface area contributed by atoms with Crippen molar-refractivity contribution in [3.8, 4) is 0 Å². The van der Waals surface area contributed by atoms with Crippen LogP contribution in [0.2, 0.25) is 0 Å². The second kappa shape index (κ2) is 6.19. The van der Waals surface area contributed by atoms with Crippen LogP contribution < -0.4 is 10.2 Å². The van der Waals surface area contributed by atoms with Crippen LogP contribution in [0.4, 0.5) is 5.69 Å². The molecule has 0 saturated carbocycles. The molecule has 0 aliphatic carbocycles. The molecule has 0 spiro atoms. The second-order valence-corrected chi connectivity index (χ2v) is 9.27. The van der Waals surface area contributed by atoms with E-state index in [4.69, 9.17) is 12.2 Å². The lowest BCUT2D eigenvalue weighted by Crippen LogP contribution is -2.51. The topological polar surface area (TPSA) is 32.3 Å². The van der Waals surface area contributed by atoms with Crippen LogP contribution in [0.1, 0.15) is 58.1 Å². The molecule has 0 radical (unpaired) electrons. The maximum absolute atomic E-state index is 11.9. The zero-order valence-corrected chi connectivity index (χ0v) is 16.5. The van der Waals surface area contributed by atoms with Gasteiger partial charge in [0.25, 0.3) is 5.91 Å². The van der Waals surface area contributed by atoms with Crippen LogP contribution in [-0.4, -0.2) is 21.8 Å². The molecule has 2 heterocycles. The Kier molecular flexibility index (Phi) is 4.51. The van der Waals surface area contributed by atoms with E-state index in [1.165, 1.54) is 23.0 Å². The molecule has 1 amide bonds. The lowest BCUT2D eigenvalue weighted by atomic mass is 9.79. The number of rotatable bonds is 2. The van der Waals surface area contributed by atoms with Gasteiger partial charge >= 0.3 is 0 Å². The number of carbonyl (C=O) groups excluding carboxylic acids is 1. The molecule has 1 atom stereocenters. The van der Waals surface area contributed by atoms with Crippen molar-refractivity contribution in [2.45, 2.75) is 58.5 Å². The predicted octanol–water partition coefficient (Wildman–Crippen LogP) is 4.68. The third-order valence-electron chi connectivity index (χ3n) is 4.76. The highest BCUT2D eigenvalue weighted by Crippen LogP contribution is 2.45. The molecule has 24 heavy (non-hydrogen) atoms. The zero-order valence-electron chi connectivity index (χ0n) is 14.8. The van der Waals surface area contributed by atoms with Crippen molar-refractivity contribution in [3.05, 3.63) is 34.2 Å². The van der Waals surface area contributed by atoms with Gasteiger partial charge in [-0.05, 0) is 69.4 Å². The lowest BCUT2D eigenvalue weighted by molar-refractivity contribution is -0.115. The van der Waals surface area contributed by atoms with E-state index in [9.17, 15) is 4.79 Å². The Labute approximate surface area is 153 Å². The summed E-state index contributed by atoms with van der Waals surface area (Å²) in [6.45, 7) is 11.4. The third kappa shape index (κ3) is 3.11. The summed E-state index contributed by atoms with van der Waals surface area (Å²) in [5.41, 5.74) is 3.89. The number of hydrogen-bond donors (Lipinski definition) is 1. The summed E-state index contributed by atoms with van der Waals surface area (Å²) in [7, 11) is 0. The largest absolute Gasteiger partial charge is 0.364 e. The minimum atomic E-state index is -0.0966. The molecule has 1 fully saturated rings. The first-order chi connectivity index (χ1) is 11.2. The Morgan fingerprint density at radius 2 is 2.12 bits per heavy atom. The van der Waals surface area contributed by atoms with Gasteiger partial charge < -0.3 is 10.2 Å². The molecule has 0 aromatic heterocycles.